The normalized spacial score (nSPS) is 17.4. The molecular weight excluding hydrogens is 244 g/mol. The van der Waals surface area contributed by atoms with Gasteiger partial charge >= 0.3 is 0 Å². The Morgan fingerprint density at radius 2 is 1.65 bits per heavy atom. The summed E-state index contributed by atoms with van der Waals surface area (Å²) in [6.07, 6.45) is 9.21. The molecule has 2 heteroatoms. The van der Waals surface area contributed by atoms with Crippen molar-refractivity contribution in [1.82, 2.24) is 4.90 Å². The van der Waals surface area contributed by atoms with Gasteiger partial charge in [0.2, 0.25) is 0 Å². The van der Waals surface area contributed by atoms with E-state index in [1.807, 2.05) is 0 Å². The van der Waals surface area contributed by atoms with Crippen molar-refractivity contribution in [3.63, 3.8) is 0 Å². The molecule has 1 fully saturated rings. The van der Waals surface area contributed by atoms with Gasteiger partial charge in [-0.15, -0.1) is 0 Å². The van der Waals surface area contributed by atoms with Gasteiger partial charge in [-0.2, -0.15) is 0 Å². The average molecular weight is 274 g/mol. The van der Waals surface area contributed by atoms with E-state index in [-0.39, 0.29) is 0 Å². The molecule has 0 saturated carbocycles. The maximum Gasteiger partial charge on any atom is -0.00160 e. The van der Waals surface area contributed by atoms with E-state index in [2.05, 4.69) is 35.2 Å². The smallest absolute Gasteiger partial charge is 0.00160 e. The molecule has 0 amide bonds. The molecule has 1 heterocycles. The fourth-order valence-electron chi connectivity index (χ4n) is 3.19. The maximum atomic E-state index is 5.52. The standard InChI is InChI=1S/C18H30N2/c19-12-6-1-2-7-13-20-14-10-18(11-15-20)16-17-8-4-3-5-9-17/h3-5,8-9,18H,1-2,6-7,10-16,19H2. The van der Waals surface area contributed by atoms with Crippen molar-refractivity contribution >= 4 is 0 Å². The number of nitrogens with zero attached hydrogens (tertiary/aromatic N) is 1. The van der Waals surface area contributed by atoms with Gasteiger partial charge in [0.25, 0.3) is 0 Å². The van der Waals surface area contributed by atoms with E-state index < -0.39 is 0 Å². The Labute approximate surface area is 124 Å². The first kappa shape index (κ1) is 15.5. The molecule has 1 saturated heterocycles. The number of unbranched alkanes of at least 4 members (excludes halogenated alkanes) is 3. The summed E-state index contributed by atoms with van der Waals surface area (Å²) in [4.78, 5) is 2.66. The van der Waals surface area contributed by atoms with Gasteiger partial charge in [0.05, 0.1) is 0 Å². The van der Waals surface area contributed by atoms with Gasteiger partial charge in [-0.1, -0.05) is 43.2 Å². The van der Waals surface area contributed by atoms with Gasteiger partial charge in [-0.05, 0) is 69.8 Å². The molecular formula is C18H30N2. The van der Waals surface area contributed by atoms with Gasteiger partial charge in [0.15, 0.2) is 0 Å². The zero-order chi connectivity index (χ0) is 14.0. The third kappa shape index (κ3) is 5.64. The molecule has 20 heavy (non-hydrogen) atoms. The molecule has 0 spiro atoms. The number of likely N-dealkylation sites (tertiary alicyclic amines) is 1. The lowest BCUT2D eigenvalue weighted by Crippen LogP contribution is -2.35. The lowest BCUT2D eigenvalue weighted by atomic mass is 9.90. The van der Waals surface area contributed by atoms with Crippen LogP contribution in [0.1, 0.15) is 44.1 Å². The topological polar surface area (TPSA) is 29.3 Å². The summed E-state index contributed by atoms with van der Waals surface area (Å²) < 4.78 is 0. The Bertz CT molecular complexity index is 342. The molecule has 0 aromatic heterocycles. The Morgan fingerprint density at radius 3 is 2.35 bits per heavy atom. The highest BCUT2D eigenvalue weighted by atomic mass is 15.1. The minimum Gasteiger partial charge on any atom is -0.330 e. The summed E-state index contributed by atoms with van der Waals surface area (Å²) in [5.41, 5.74) is 7.03. The van der Waals surface area contributed by atoms with E-state index in [0.717, 1.165) is 12.5 Å². The average Bonchev–Trinajstić information content (AvgIpc) is 2.50. The second kappa shape index (κ2) is 9.15. The monoisotopic (exact) mass is 274 g/mol. The van der Waals surface area contributed by atoms with Crippen LogP contribution in [0.5, 0.6) is 0 Å². The summed E-state index contributed by atoms with van der Waals surface area (Å²) >= 11 is 0. The first-order valence-corrected chi connectivity index (χ1v) is 8.35. The minimum atomic E-state index is 0.852. The number of nitrogens with two attached hydrogens (primary N) is 1. The third-order valence-electron chi connectivity index (χ3n) is 4.50. The highest BCUT2D eigenvalue weighted by Crippen LogP contribution is 2.21. The van der Waals surface area contributed by atoms with E-state index >= 15 is 0 Å². The molecule has 0 bridgehead atoms. The van der Waals surface area contributed by atoms with Crippen molar-refractivity contribution in [1.29, 1.82) is 0 Å². The SMILES string of the molecule is NCCCCCCN1CCC(Cc2ccccc2)CC1. The molecule has 112 valence electrons. The maximum absolute atomic E-state index is 5.52. The predicted octanol–water partition coefficient (Wildman–Crippen LogP) is 3.46. The summed E-state index contributed by atoms with van der Waals surface area (Å²) in [6.45, 7) is 4.75. The number of hydrogen-bond acceptors (Lipinski definition) is 2. The van der Waals surface area contributed by atoms with Crippen molar-refractivity contribution in [3.8, 4) is 0 Å². The van der Waals surface area contributed by atoms with Crippen molar-refractivity contribution in [2.45, 2.75) is 44.9 Å². The molecule has 0 atom stereocenters. The summed E-state index contributed by atoms with van der Waals surface area (Å²) in [6, 6.07) is 11.0. The Balaban J connectivity index is 1.58. The second-order valence-electron chi connectivity index (χ2n) is 6.18. The molecule has 1 aliphatic heterocycles. The van der Waals surface area contributed by atoms with Crippen LogP contribution in [0.3, 0.4) is 0 Å². The van der Waals surface area contributed by atoms with Crippen LogP contribution in [0.2, 0.25) is 0 Å². The Hall–Kier alpha value is -0.860. The van der Waals surface area contributed by atoms with E-state index in [1.165, 1.54) is 70.1 Å². The summed E-state index contributed by atoms with van der Waals surface area (Å²) in [7, 11) is 0. The molecule has 1 aromatic rings. The van der Waals surface area contributed by atoms with Gasteiger partial charge in [-0.3, -0.25) is 0 Å². The number of rotatable bonds is 8. The quantitative estimate of drug-likeness (QED) is 0.736. The second-order valence-corrected chi connectivity index (χ2v) is 6.18. The van der Waals surface area contributed by atoms with Crippen molar-refractivity contribution in [2.24, 2.45) is 11.7 Å². The van der Waals surface area contributed by atoms with E-state index in [4.69, 9.17) is 5.73 Å². The van der Waals surface area contributed by atoms with Crippen LogP contribution in [0.25, 0.3) is 0 Å². The van der Waals surface area contributed by atoms with Crippen LogP contribution < -0.4 is 5.73 Å². The highest BCUT2D eigenvalue weighted by Gasteiger charge is 2.18. The van der Waals surface area contributed by atoms with Crippen molar-refractivity contribution in [3.05, 3.63) is 35.9 Å². The van der Waals surface area contributed by atoms with Crippen molar-refractivity contribution < 1.29 is 0 Å². The lowest BCUT2D eigenvalue weighted by molar-refractivity contribution is 0.181. The first-order chi connectivity index (χ1) is 9.88. The summed E-state index contributed by atoms with van der Waals surface area (Å²) in [5.74, 6) is 0.894. The lowest BCUT2D eigenvalue weighted by Gasteiger charge is -2.32. The zero-order valence-electron chi connectivity index (χ0n) is 12.8. The largest absolute Gasteiger partial charge is 0.330 e. The van der Waals surface area contributed by atoms with E-state index in [9.17, 15) is 0 Å². The number of hydrogen-bond donors (Lipinski definition) is 1. The molecule has 1 aliphatic rings. The van der Waals surface area contributed by atoms with Crippen LogP contribution in [-0.2, 0) is 6.42 Å². The summed E-state index contributed by atoms with van der Waals surface area (Å²) in [5, 5.41) is 0. The number of benzene rings is 1. The minimum absolute atomic E-state index is 0.852. The van der Waals surface area contributed by atoms with E-state index in [1.54, 1.807) is 0 Å². The van der Waals surface area contributed by atoms with Gasteiger partial charge < -0.3 is 10.6 Å². The fraction of sp³-hybridized carbons (Fsp3) is 0.667. The molecule has 1 aromatic carbocycles. The first-order valence-electron chi connectivity index (χ1n) is 8.35. The van der Waals surface area contributed by atoms with Gasteiger partial charge in [0.1, 0.15) is 0 Å². The highest BCUT2D eigenvalue weighted by molar-refractivity contribution is 5.15. The van der Waals surface area contributed by atoms with Crippen LogP contribution in [0, 0.1) is 5.92 Å². The van der Waals surface area contributed by atoms with Crippen LogP contribution in [0.15, 0.2) is 30.3 Å². The molecule has 2 rings (SSSR count). The van der Waals surface area contributed by atoms with Crippen LogP contribution >= 0.6 is 0 Å². The van der Waals surface area contributed by atoms with Gasteiger partial charge in [-0.25, -0.2) is 0 Å². The van der Waals surface area contributed by atoms with Gasteiger partial charge in [0, 0.05) is 0 Å². The Morgan fingerprint density at radius 1 is 0.950 bits per heavy atom. The zero-order valence-corrected chi connectivity index (χ0v) is 12.8. The molecule has 0 aliphatic carbocycles. The third-order valence-corrected chi connectivity index (χ3v) is 4.50. The fourth-order valence-corrected chi connectivity index (χ4v) is 3.19. The molecule has 2 N–H and O–H groups in total. The van der Waals surface area contributed by atoms with Crippen LogP contribution in [-0.4, -0.2) is 31.1 Å². The van der Waals surface area contributed by atoms with Crippen molar-refractivity contribution in [2.75, 3.05) is 26.2 Å². The Kier molecular flexibility index (Phi) is 7.10. The predicted molar refractivity (Wildman–Crippen MR) is 86.8 cm³/mol. The number of piperidine rings is 1. The molecule has 2 nitrogen and oxygen atoms in total. The molecule has 0 radical (unpaired) electrons. The molecule has 0 unspecified atom stereocenters. The van der Waals surface area contributed by atoms with Crippen LogP contribution in [0.4, 0.5) is 0 Å². The van der Waals surface area contributed by atoms with E-state index in [0.29, 0.717) is 0 Å².